The van der Waals surface area contributed by atoms with Crippen molar-refractivity contribution in [1.82, 2.24) is 5.32 Å². The fourth-order valence-corrected chi connectivity index (χ4v) is 4.50. The zero-order chi connectivity index (χ0) is 19.1. The van der Waals surface area contributed by atoms with Crippen molar-refractivity contribution < 1.29 is 14.3 Å². The molecule has 0 radical (unpaired) electrons. The van der Waals surface area contributed by atoms with Gasteiger partial charge in [0.05, 0.1) is 12.2 Å². The number of ketones is 1. The molecule has 0 fully saturated rings. The molecule has 1 unspecified atom stereocenters. The number of esters is 1. The normalized spacial score (nSPS) is 22.0. The third-order valence-corrected chi connectivity index (χ3v) is 5.59. The van der Waals surface area contributed by atoms with Crippen molar-refractivity contribution in [3.05, 3.63) is 55.9 Å². The number of dihydropyridines is 1. The molecule has 1 aromatic rings. The van der Waals surface area contributed by atoms with E-state index in [9.17, 15) is 9.59 Å². The number of ether oxygens (including phenoxy) is 1. The topological polar surface area (TPSA) is 55.4 Å². The molecule has 0 amide bonds. The Hall–Kier alpha value is -1.63. The Morgan fingerprint density at radius 2 is 2.08 bits per heavy atom. The van der Waals surface area contributed by atoms with E-state index in [1.165, 1.54) is 0 Å². The molecule has 4 nitrogen and oxygen atoms in total. The first-order valence-electron chi connectivity index (χ1n) is 8.90. The average Bonchev–Trinajstić information content (AvgIpc) is 2.52. The lowest BCUT2D eigenvalue weighted by atomic mass is 9.68. The maximum Gasteiger partial charge on any atom is 0.336 e. The molecule has 0 spiro atoms. The van der Waals surface area contributed by atoms with E-state index in [4.69, 9.17) is 4.74 Å². The smallest absolute Gasteiger partial charge is 0.336 e. The van der Waals surface area contributed by atoms with E-state index in [2.05, 4.69) is 41.8 Å². The summed E-state index contributed by atoms with van der Waals surface area (Å²) in [5.74, 6) is -0.615. The summed E-state index contributed by atoms with van der Waals surface area (Å²) in [5.41, 5.74) is 3.86. The van der Waals surface area contributed by atoms with Crippen LogP contribution in [0.5, 0.6) is 0 Å². The number of halogens is 1. The highest BCUT2D eigenvalue weighted by atomic mass is 127. The average molecular weight is 465 g/mol. The highest BCUT2D eigenvalue weighted by molar-refractivity contribution is 14.1. The summed E-state index contributed by atoms with van der Waals surface area (Å²) in [7, 11) is 0. The summed E-state index contributed by atoms with van der Waals surface area (Å²) in [4.78, 5) is 25.8. The molecule has 26 heavy (non-hydrogen) atoms. The first kappa shape index (κ1) is 19.1. The summed E-state index contributed by atoms with van der Waals surface area (Å²) in [6.07, 6.45) is 1.28. The van der Waals surface area contributed by atoms with Crippen LogP contribution in [0.4, 0.5) is 0 Å². The van der Waals surface area contributed by atoms with Crippen LogP contribution in [0.15, 0.2) is 46.8 Å². The predicted octanol–water partition coefficient (Wildman–Crippen LogP) is 4.46. The number of rotatable bonds is 3. The van der Waals surface area contributed by atoms with Crippen molar-refractivity contribution >= 4 is 34.3 Å². The van der Waals surface area contributed by atoms with E-state index in [1.807, 2.05) is 31.2 Å². The van der Waals surface area contributed by atoms with Crippen molar-refractivity contribution in [2.75, 3.05) is 6.61 Å². The number of allylic oxidation sites excluding steroid dienone is 3. The number of carbonyl (C=O) groups is 2. The Balaban J connectivity index is 2.18. The van der Waals surface area contributed by atoms with Gasteiger partial charge >= 0.3 is 5.97 Å². The molecule has 1 aliphatic carbocycles. The van der Waals surface area contributed by atoms with Crippen molar-refractivity contribution in [2.45, 2.75) is 46.5 Å². The minimum Gasteiger partial charge on any atom is -0.463 e. The summed E-state index contributed by atoms with van der Waals surface area (Å²) in [6.45, 7) is 8.21. The quantitative estimate of drug-likeness (QED) is 0.529. The lowest BCUT2D eigenvalue weighted by Gasteiger charge is -2.39. The second-order valence-electron chi connectivity index (χ2n) is 7.71. The van der Waals surface area contributed by atoms with Crippen LogP contribution in [0.25, 0.3) is 0 Å². The van der Waals surface area contributed by atoms with Gasteiger partial charge in [-0.05, 0) is 66.0 Å². The van der Waals surface area contributed by atoms with Gasteiger partial charge in [0.25, 0.3) is 0 Å². The summed E-state index contributed by atoms with van der Waals surface area (Å²) in [6, 6.07) is 8.00. The van der Waals surface area contributed by atoms with Gasteiger partial charge in [-0.25, -0.2) is 4.79 Å². The van der Waals surface area contributed by atoms with Crippen LogP contribution in [-0.4, -0.2) is 18.4 Å². The Kier molecular flexibility index (Phi) is 5.28. The number of carbonyl (C=O) groups excluding carboxylic acids is 2. The zero-order valence-corrected chi connectivity index (χ0v) is 17.8. The third kappa shape index (κ3) is 3.59. The molecular weight excluding hydrogens is 441 g/mol. The van der Waals surface area contributed by atoms with Crippen LogP contribution < -0.4 is 5.32 Å². The van der Waals surface area contributed by atoms with E-state index >= 15 is 0 Å². The van der Waals surface area contributed by atoms with Crippen LogP contribution in [0, 0.1) is 8.99 Å². The SMILES string of the molecule is CCOC(=O)C1=C(C)NC2=C(C(=O)CC(C)(C)C2)C1c1cccc(I)c1. The van der Waals surface area contributed by atoms with Crippen molar-refractivity contribution in [2.24, 2.45) is 5.41 Å². The lowest BCUT2D eigenvalue weighted by Crippen LogP contribution is -2.38. The van der Waals surface area contributed by atoms with Crippen LogP contribution in [0.1, 0.15) is 52.0 Å². The monoisotopic (exact) mass is 465 g/mol. The zero-order valence-electron chi connectivity index (χ0n) is 15.6. The molecular formula is C21H24INO3. The molecule has 138 valence electrons. The fourth-order valence-electron chi connectivity index (χ4n) is 3.93. The highest BCUT2D eigenvalue weighted by Crippen LogP contribution is 2.46. The molecule has 1 atom stereocenters. The van der Waals surface area contributed by atoms with Gasteiger partial charge < -0.3 is 10.1 Å². The number of nitrogens with one attached hydrogen (secondary N) is 1. The van der Waals surface area contributed by atoms with Gasteiger partial charge in [0.1, 0.15) is 0 Å². The van der Waals surface area contributed by atoms with E-state index in [0.717, 1.165) is 32.5 Å². The number of benzene rings is 1. The van der Waals surface area contributed by atoms with Gasteiger partial charge in [0.2, 0.25) is 0 Å². The highest BCUT2D eigenvalue weighted by Gasteiger charge is 2.43. The predicted molar refractivity (Wildman–Crippen MR) is 109 cm³/mol. The molecule has 0 aromatic heterocycles. The Bertz CT molecular complexity index is 835. The largest absolute Gasteiger partial charge is 0.463 e. The van der Waals surface area contributed by atoms with E-state index in [1.54, 1.807) is 6.92 Å². The second-order valence-corrected chi connectivity index (χ2v) is 8.95. The molecule has 2 aliphatic rings. The molecule has 3 rings (SSSR count). The van der Waals surface area contributed by atoms with Gasteiger partial charge in [-0.1, -0.05) is 26.0 Å². The van der Waals surface area contributed by atoms with Crippen molar-refractivity contribution in [3.63, 3.8) is 0 Å². The first-order valence-corrected chi connectivity index (χ1v) is 9.98. The molecule has 1 aliphatic heterocycles. The standard InChI is InChI=1S/C21H24INO3/c1-5-26-20(25)17-12(2)23-15-10-21(3,4)11-16(24)19(15)18(17)13-7-6-8-14(22)9-13/h6-9,18,23H,5,10-11H2,1-4H3. The Morgan fingerprint density at radius 1 is 1.35 bits per heavy atom. The lowest BCUT2D eigenvalue weighted by molar-refractivity contribution is -0.138. The van der Waals surface area contributed by atoms with Crippen LogP contribution in [0.3, 0.4) is 0 Å². The Labute approximate surface area is 168 Å². The summed E-state index contributed by atoms with van der Waals surface area (Å²) < 4.78 is 6.39. The number of Topliss-reactive ketones (excluding diaryl/α,β-unsaturated/α-hetero) is 1. The van der Waals surface area contributed by atoms with Crippen molar-refractivity contribution in [3.8, 4) is 0 Å². The Morgan fingerprint density at radius 3 is 2.73 bits per heavy atom. The van der Waals surface area contributed by atoms with E-state index in [-0.39, 0.29) is 23.1 Å². The van der Waals surface area contributed by atoms with Gasteiger partial charge in [-0.3, -0.25) is 4.79 Å². The fraction of sp³-hybridized carbons (Fsp3) is 0.429. The van der Waals surface area contributed by atoms with Crippen molar-refractivity contribution in [1.29, 1.82) is 0 Å². The van der Waals surface area contributed by atoms with Gasteiger partial charge in [-0.2, -0.15) is 0 Å². The maximum atomic E-state index is 13.1. The third-order valence-electron chi connectivity index (χ3n) is 4.92. The second kappa shape index (κ2) is 7.18. The summed E-state index contributed by atoms with van der Waals surface area (Å²) in [5, 5.41) is 3.34. The minimum absolute atomic E-state index is 0.0830. The molecule has 0 saturated carbocycles. The minimum atomic E-state index is -0.372. The van der Waals surface area contributed by atoms with Crippen LogP contribution >= 0.6 is 22.6 Å². The van der Waals surface area contributed by atoms with Crippen LogP contribution in [-0.2, 0) is 14.3 Å². The maximum absolute atomic E-state index is 13.1. The molecule has 1 aromatic carbocycles. The molecule has 1 heterocycles. The number of hydrogen-bond acceptors (Lipinski definition) is 4. The first-order chi connectivity index (χ1) is 12.2. The summed E-state index contributed by atoms with van der Waals surface area (Å²) >= 11 is 2.26. The van der Waals surface area contributed by atoms with E-state index in [0.29, 0.717) is 18.6 Å². The van der Waals surface area contributed by atoms with E-state index < -0.39 is 0 Å². The molecule has 1 N–H and O–H groups in total. The van der Waals surface area contributed by atoms with Crippen LogP contribution in [0.2, 0.25) is 0 Å². The van der Waals surface area contributed by atoms with Gasteiger partial charge in [0, 0.05) is 32.9 Å². The molecule has 0 bridgehead atoms. The van der Waals surface area contributed by atoms with Gasteiger partial charge in [-0.15, -0.1) is 0 Å². The number of hydrogen-bond donors (Lipinski definition) is 1. The molecule has 5 heteroatoms. The molecule has 0 saturated heterocycles. The van der Waals surface area contributed by atoms with Gasteiger partial charge in [0.15, 0.2) is 5.78 Å².